The molecule has 4 nitrogen and oxygen atoms in total. The zero-order chi connectivity index (χ0) is 13.4. The average molecular weight is 249 g/mol. The monoisotopic (exact) mass is 249 g/mol. The maximum Gasteiger partial charge on any atom is 0.220 e. The van der Waals surface area contributed by atoms with Crippen LogP contribution in [0.3, 0.4) is 0 Å². The van der Waals surface area contributed by atoms with Gasteiger partial charge in [0.2, 0.25) is 5.91 Å². The van der Waals surface area contributed by atoms with Crippen molar-refractivity contribution in [3.63, 3.8) is 0 Å². The fraction of sp³-hybridized carbons (Fsp3) is 0.357. The van der Waals surface area contributed by atoms with E-state index in [-0.39, 0.29) is 24.3 Å². The Labute approximate surface area is 107 Å². The van der Waals surface area contributed by atoms with Crippen molar-refractivity contribution in [2.24, 2.45) is 0 Å². The zero-order valence-electron chi connectivity index (χ0n) is 10.3. The van der Waals surface area contributed by atoms with Crippen LogP contribution >= 0.6 is 0 Å². The molecule has 0 fully saturated rings. The Morgan fingerprint density at radius 2 is 2.06 bits per heavy atom. The van der Waals surface area contributed by atoms with Crippen LogP contribution in [0.5, 0.6) is 5.75 Å². The number of nitrogens with one attached hydrogen (secondary N) is 1. The van der Waals surface area contributed by atoms with Crippen molar-refractivity contribution in [3.05, 3.63) is 42.5 Å². The molecule has 98 valence electrons. The van der Waals surface area contributed by atoms with E-state index in [1.54, 1.807) is 30.3 Å². The Hall–Kier alpha value is -1.81. The molecule has 0 heterocycles. The molecule has 4 heteroatoms. The van der Waals surface area contributed by atoms with Crippen LogP contribution in [0.25, 0.3) is 0 Å². The second kappa shape index (κ2) is 7.50. The maximum absolute atomic E-state index is 11.5. The molecule has 0 radical (unpaired) electrons. The molecular weight excluding hydrogens is 230 g/mol. The molecule has 1 amide bonds. The first-order valence-electron chi connectivity index (χ1n) is 5.94. The van der Waals surface area contributed by atoms with Gasteiger partial charge in [-0.15, -0.1) is 6.58 Å². The second-order valence-electron chi connectivity index (χ2n) is 4.14. The number of aliphatic hydroxyl groups is 1. The number of carbonyl (C=O) groups excluding carboxylic acids is 1. The molecule has 0 bridgehead atoms. The summed E-state index contributed by atoms with van der Waals surface area (Å²) >= 11 is 0. The van der Waals surface area contributed by atoms with Crippen LogP contribution in [0.4, 0.5) is 0 Å². The molecule has 0 aromatic heterocycles. The Kier molecular flexibility index (Phi) is 5.94. The Morgan fingerprint density at radius 3 is 2.61 bits per heavy atom. The predicted molar refractivity (Wildman–Crippen MR) is 70.3 cm³/mol. The van der Waals surface area contributed by atoms with Gasteiger partial charge in [0.05, 0.1) is 12.6 Å². The third-order valence-electron chi connectivity index (χ3n) is 2.58. The van der Waals surface area contributed by atoms with Crippen LogP contribution in [0.15, 0.2) is 36.9 Å². The topological polar surface area (TPSA) is 69.6 Å². The number of hydrogen-bond acceptors (Lipinski definition) is 3. The van der Waals surface area contributed by atoms with E-state index in [9.17, 15) is 9.90 Å². The van der Waals surface area contributed by atoms with Gasteiger partial charge >= 0.3 is 0 Å². The fourth-order valence-electron chi connectivity index (χ4n) is 1.61. The molecule has 0 unspecified atom stereocenters. The largest absolute Gasteiger partial charge is 0.508 e. The van der Waals surface area contributed by atoms with Crippen molar-refractivity contribution in [1.29, 1.82) is 0 Å². The smallest absolute Gasteiger partial charge is 0.220 e. The van der Waals surface area contributed by atoms with E-state index < -0.39 is 0 Å². The summed E-state index contributed by atoms with van der Waals surface area (Å²) < 4.78 is 0. The van der Waals surface area contributed by atoms with Gasteiger partial charge in [0.1, 0.15) is 5.75 Å². The van der Waals surface area contributed by atoms with Crippen LogP contribution in [-0.4, -0.2) is 28.8 Å². The lowest BCUT2D eigenvalue weighted by atomic mass is 10.1. The highest BCUT2D eigenvalue weighted by molar-refractivity contribution is 5.76. The minimum atomic E-state index is -0.299. The summed E-state index contributed by atoms with van der Waals surface area (Å²) in [5.41, 5.74) is 0.955. The van der Waals surface area contributed by atoms with Gasteiger partial charge in [0.25, 0.3) is 0 Å². The van der Waals surface area contributed by atoms with Crippen LogP contribution in [0, 0.1) is 0 Å². The molecule has 0 aliphatic heterocycles. The summed E-state index contributed by atoms with van der Waals surface area (Å²) in [5, 5.41) is 21.2. The van der Waals surface area contributed by atoms with Gasteiger partial charge in [0.15, 0.2) is 0 Å². The number of benzene rings is 1. The van der Waals surface area contributed by atoms with E-state index in [1.807, 2.05) is 0 Å². The summed E-state index contributed by atoms with van der Waals surface area (Å²) in [4.78, 5) is 11.5. The lowest BCUT2D eigenvalue weighted by Crippen LogP contribution is -2.38. The Morgan fingerprint density at radius 1 is 1.39 bits per heavy atom. The van der Waals surface area contributed by atoms with E-state index >= 15 is 0 Å². The number of amides is 1. The number of aliphatic hydroxyl groups excluding tert-OH is 1. The first kappa shape index (κ1) is 14.3. The van der Waals surface area contributed by atoms with E-state index in [0.29, 0.717) is 19.3 Å². The minimum Gasteiger partial charge on any atom is -0.508 e. The number of allylic oxidation sites excluding steroid dienone is 1. The quantitative estimate of drug-likeness (QED) is 0.639. The van der Waals surface area contributed by atoms with Crippen molar-refractivity contribution in [3.8, 4) is 5.75 Å². The van der Waals surface area contributed by atoms with Crippen molar-refractivity contribution < 1.29 is 15.0 Å². The molecular formula is C14H19NO3. The lowest BCUT2D eigenvalue weighted by molar-refractivity contribution is -0.122. The van der Waals surface area contributed by atoms with Gasteiger partial charge in [-0.3, -0.25) is 4.79 Å². The van der Waals surface area contributed by atoms with Crippen LogP contribution < -0.4 is 5.32 Å². The normalized spacial score (nSPS) is 11.8. The van der Waals surface area contributed by atoms with Crippen LogP contribution in [0.1, 0.15) is 18.4 Å². The highest BCUT2D eigenvalue weighted by Gasteiger charge is 2.11. The summed E-state index contributed by atoms with van der Waals surface area (Å²) in [6.07, 6.45) is 3.24. The summed E-state index contributed by atoms with van der Waals surface area (Å²) in [6.45, 7) is 3.44. The van der Waals surface area contributed by atoms with Gasteiger partial charge in [-0.1, -0.05) is 18.2 Å². The first-order valence-corrected chi connectivity index (χ1v) is 5.94. The number of carbonyl (C=O) groups is 1. The highest BCUT2D eigenvalue weighted by Crippen LogP contribution is 2.11. The van der Waals surface area contributed by atoms with Crippen molar-refractivity contribution >= 4 is 5.91 Å². The molecule has 0 spiro atoms. The van der Waals surface area contributed by atoms with E-state index in [1.165, 1.54) is 0 Å². The van der Waals surface area contributed by atoms with Crippen molar-refractivity contribution in [1.82, 2.24) is 5.32 Å². The molecule has 1 aromatic carbocycles. The molecule has 1 rings (SSSR count). The van der Waals surface area contributed by atoms with E-state index in [4.69, 9.17) is 5.11 Å². The Bertz CT molecular complexity index is 387. The van der Waals surface area contributed by atoms with E-state index in [2.05, 4.69) is 11.9 Å². The summed E-state index contributed by atoms with van der Waals surface area (Å²) in [5.74, 6) is 0.113. The minimum absolute atomic E-state index is 0.0901. The van der Waals surface area contributed by atoms with Gasteiger partial charge in [0, 0.05) is 6.42 Å². The first-order chi connectivity index (χ1) is 8.65. The molecule has 0 aliphatic carbocycles. The predicted octanol–water partition coefficient (Wildman–Crippen LogP) is 1.38. The van der Waals surface area contributed by atoms with E-state index in [0.717, 1.165) is 5.56 Å². The standard InChI is InChI=1S/C14H19NO3/c1-2-3-4-14(18)15-12(10-16)9-11-5-7-13(17)8-6-11/h2,5-8,12,16-17H,1,3-4,9-10H2,(H,15,18)/t12-/m0/s1. The van der Waals surface area contributed by atoms with Gasteiger partial charge in [-0.25, -0.2) is 0 Å². The fourth-order valence-corrected chi connectivity index (χ4v) is 1.61. The highest BCUT2D eigenvalue weighted by atomic mass is 16.3. The number of phenolic OH excluding ortho intramolecular Hbond substituents is 1. The van der Waals surface area contributed by atoms with Crippen LogP contribution in [-0.2, 0) is 11.2 Å². The molecule has 3 N–H and O–H groups in total. The Balaban J connectivity index is 2.48. The van der Waals surface area contributed by atoms with Crippen molar-refractivity contribution in [2.75, 3.05) is 6.61 Å². The number of aromatic hydroxyl groups is 1. The SMILES string of the molecule is C=CCCC(=O)N[C@H](CO)Cc1ccc(O)cc1. The van der Waals surface area contributed by atoms with Crippen molar-refractivity contribution in [2.45, 2.75) is 25.3 Å². The zero-order valence-corrected chi connectivity index (χ0v) is 10.3. The summed E-state index contributed by atoms with van der Waals surface area (Å²) in [6, 6.07) is 6.42. The number of hydrogen-bond donors (Lipinski definition) is 3. The van der Waals surface area contributed by atoms with Crippen LogP contribution in [0.2, 0.25) is 0 Å². The third kappa shape index (κ3) is 5.01. The maximum atomic E-state index is 11.5. The van der Waals surface area contributed by atoms with Gasteiger partial charge in [-0.2, -0.15) is 0 Å². The molecule has 0 aliphatic rings. The van der Waals surface area contributed by atoms with Gasteiger partial charge in [-0.05, 0) is 30.5 Å². The second-order valence-corrected chi connectivity index (χ2v) is 4.14. The summed E-state index contributed by atoms with van der Waals surface area (Å²) in [7, 11) is 0. The average Bonchev–Trinajstić information content (AvgIpc) is 2.38. The molecule has 18 heavy (non-hydrogen) atoms. The number of rotatable bonds is 7. The number of phenols is 1. The molecule has 1 atom stereocenters. The molecule has 1 aromatic rings. The third-order valence-corrected chi connectivity index (χ3v) is 2.58. The van der Waals surface area contributed by atoms with Gasteiger partial charge < -0.3 is 15.5 Å². The lowest BCUT2D eigenvalue weighted by Gasteiger charge is -2.16. The molecule has 0 saturated carbocycles. The molecule has 0 saturated heterocycles.